The Balaban J connectivity index is 1.60. The lowest BCUT2D eigenvalue weighted by Gasteiger charge is -2.14. The topological polar surface area (TPSA) is 121 Å². The van der Waals surface area contributed by atoms with E-state index in [4.69, 9.17) is 9.47 Å². The van der Waals surface area contributed by atoms with Crippen molar-refractivity contribution >= 4 is 23.4 Å². The van der Waals surface area contributed by atoms with Gasteiger partial charge in [0.25, 0.3) is 11.6 Å². The van der Waals surface area contributed by atoms with Gasteiger partial charge in [0, 0.05) is 42.7 Å². The molecule has 0 radical (unpaired) electrons. The number of nitrogens with one attached hydrogen (secondary N) is 1. The number of nitro benzene ring substituents is 1. The zero-order valence-corrected chi connectivity index (χ0v) is 21.1. The Morgan fingerprint density at radius 3 is 2.43 bits per heavy atom. The van der Waals surface area contributed by atoms with Crippen LogP contribution in [0.1, 0.15) is 15.9 Å². The molecule has 1 heterocycles. The molecule has 0 bridgehead atoms. The lowest BCUT2D eigenvalue weighted by Crippen LogP contribution is -2.26. The van der Waals surface area contributed by atoms with Gasteiger partial charge in [-0.2, -0.15) is 0 Å². The van der Waals surface area contributed by atoms with Crippen LogP contribution in [-0.2, 0) is 10.5 Å². The van der Waals surface area contributed by atoms with Crippen molar-refractivity contribution in [1.29, 1.82) is 0 Å². The number of ether oxygens (including phenoxy) is 2. The molecule has 3 aromatic carbocycles. The molecule has 4 aromatic rings. The van der Waals surface area contributed by atoms with Gasteiger partial charge in [0.1, 0.15) is 5.75 Å². The maximum absolute atomic E-state index is 12.2. The molecule has 1 amide bonds. The fourth-order valence-electron chi connectivity index (χ4n) is 3.58. The number of para-hydroxylation sites is 2. The number of aromatic nitrogens is 3. The first kappa shape index (κ1) is 25.9. The van der Waals surface area contributed by atoms with Crippen LogP contribution in [0, 0.1) is 10.1 Å². The summed E-state index contributed by atoms with van der Waals surface area (Å²) in [6.07, 6.45) is 0. The van der Waals surface area contributed by atoms with Crippen LogP contribution in [-0.4, -0.2) is 53.0 Å². The van der Waals surface area contributed by atoms with Crippen LogP contribution in [0.4, 0.5) is 5.69 Å². The quantitative estimate of drug-likeness (QED) is 0.133. The van der Waals surface area contributed by atoms with Gasteiger partial charge >= 0.3 is 0 Å². The lowest BCUT2D eigenvalue weighted by atomic mass is 10.1. The van der Waals surface area contributed by atoms with E-state index in [1.807, 2.05) is 41.0 Å². The Morgan fingerprint density at radius 1 is 1.03 bits per heavy atom. The highest BCUT2D eigenvalue weighted by molar-refractivity contribution is 7.98. The summed E-state index contributed by atoms with van der Waals surface area (Å²) in [5.74, 6) is 1.60. The van der Waals surface area contributed by atoms with E-state index in [0.717, 1.165) is 11.3 Å². The summed E-state index contributed by atoms with van der Waals surface area (Å²) in [4.78, 5) is 22.9. The lowest BCUT2D eigenvalue weighted by molar-refractivity contribution is -0.384. The molecule has 0 saturated heterocycles. The molecule has 37 heavy (non-hydrogen) atoms. The highest BCUT2D eigenvalue weighted by atomic mass is 32.2. The number of thioether (sulfide) groups is 1. The molecule has 0 atom stereocenters. The maximum atomic E-state index is 12.2. The number of rotatable bonds is 11. The van der Waals surface area contributed by atoms with Crippen molar-refractivity contribution in [2.24, 2.45) is 0 Å². The zero-order chi connectivity index (χ0) is 26.2. The van der Waals surface area contributed by atoms with Gasteiger partial charge < -0.3 is 14.8 Å². The molecule has 10 nitrogen and oxygen atoms in total. The van der Waals surface area contributed by atoms with E-state index in [-0.39, 0.29) is 11.6 Å². The van der Waals surface area contributed by atoms with Gasteiger partial charge in [0.05, 0.1) is 24.3 Å². The molecule has 1 aromatic heterocycles. The third-order valence-corrected chi connectivity index (χ3v) is 6.47. The first-order valence-corrected chi connectivity index (χ1v) is 12.3. The van der Waals surface area contributed by atoms with Crippen molar-refractivity contribution in [2.75, 3.05) is 27.4 Å². The minimum Gasteiger partial charge on any atom is -0.495 e. The van der Waals surface area contributed by atoms with Crippen LogP contribution >= 0.6 is 11.8 Å². The van der Waals surface area contributed by atoms with E-state index in [1.165, 1.54) is 23.9 Å². The van der Waals surface area contributed by atoms with E-state index < -0.39 is 4.92 Å². The fraction of sp³-hybridized carbons (Fsp3) is 0.192. The van der Waals surface area contributed by atoms with Gasteiger partial charge in [0.15, 0.2) is 11.0 Å². The number of non-ortho nitro benzene ring substituents is 1. The smallest absolute Gasteiger partial charge is 0.269 e. The molecule has 1 N–H and O–H groups in total. The zero-order valence-electron chi connectivity index (χ0n) is 20.3. The molecule has 4 rings (SSSR count). The second kappa shape index (κ2) is 12.2. The molecule has 11 heteroatoms. The van der Waals surface area contributed by atoms with Gasteiger partial charge in [-0.15, -0.1) is 10.2 Å². The maximum Gasteiger partial charge on any atom is 0.269 e. The molecule has 0 aliphatic heterocycles. The Bertz CT molecular complexity index is 1370. The number of amides is 1. The van der Waals surface area contributed by atoms with Crippen molar-refractivity contribution in [3.8, 4) is 22.8 Å². The van der Waals surface area contributed by atoms with Gasteiger partial charge in [0.2, 0.25) is 0 Å². The molecule has 0 aliphatic carbocycles. The van der Waals surface area contributed by atoms with Crippen molar-refractivity contribution < 1.29 is 19.2 Å². The number of hydrogen-bond donors (Lipinski definition) is 1. The molecule has 190 valence electrons. The Kier molecular flexibility index (Phi) is 8.49. The molecule has 0 fully saturated rings. The molecule has 0 spiro atoms. The van der Waals surface area contributed by atoms with Crippen LogP contribution < -0.4 is 10.1 Å². The Morgan fingerprint density at radius 2 is 1.76 bits per heavy atom. The average molecular weight is 520 g/mol. The Labute approximate surface area is 217 Å². The molecule has 0 aliphatic rings. The van der Waals surface area contributed by atoms with E-state index in [1.54, 1.807) is 38.5 Å². The number of nitrogens with zero attached hydrogens (tertiary/aromatic N) is 4. The number of hydrogen-bond acceptors (Lipinski definition) is 8. The van der Waals surface area contributed by atoms with E-state index >= 15 is 0 Å². The predicted molar refractivity (Wildman–Crippen MR) is 140 cm³/mol. The summed E-state index contributed by atoms with van der Waals surface area (Å²) in [5, 5.41) is 23.3. The summed E-state index contributed by atoms with van der Waals surface area (Å²) < 4.78 is 12.4. The van der Waals surface area contributed by atoms with Crippen LogP contribution in [0.25, 0.3) is 17.1 Å². The number of carbonyl (C=O) groups excluding carboxylic acids is 1. The van der Waals surface area contributed by atoms with E-state index in [0.29, 0.717) is 46.8 Å². The second-order valence-electron chi connectivity index (χ2n) is 7.85. The van der Waals surface area contributed by atoms with Gasteiger partial charge in [-0.25, -0.2) is 0 Å². The summed E-state index contributed by atoms with van der Waals surface area (Å²) in [6, 6.07) is 21.1. The van der Waals surface area contributed by atoms with Gasteiger partial charge in [-0.3, -0.25) is 19.5 Å². The highest BCUT2D eigenvalue weighted by Gasteiger charge is 2.20. The summed E-state index contributed by atoms with van der Waals surface area (Å²) in [5.41, 5.74) is 3.00. The van der Waals surface area contributed by atoms with Crippen molar-refractivity contribution in [2.45, 2.75) is 10.9 Å². The highest BCUT2D eigenvalue weighted by Crippen LogP contribution is 2.34. The molecule has 0 unspecified atom stereocenters. The normalized spacial score (nSPS) is 10.8. The molecular weight excluding hydrogens is 494 g/mol. The summed E-state index contributed by atoms with van der Waals surface area (Å²) in [6.45, 7) is 0.901. The summed E-state index contributed by atoms with van der Waals surface area (Å²) >= 11 is 1.48. The van der Waals surface area contributed by atoms with Crippen molar-refractivity contribution in [3.63, 3.8) is 0 Å². The number of methoxy groups -OCH3 is 2. The van der Waals surface area contributed by atoms with Crippen LogP contribution in [0.3, 0.4) is 0 Å². The van der Waals surface area contributed by atoms with E-state index in [9.17, 15) is 14.9 Å². The number of nitro groups is 1. The van der Waals surface area contributed by atoms with Crippen molar-refractivity contribution in [1.82, 2.24) is 20.1 Å². The monoisotopic (exact) mass is 519 g/mol. The van der Waals surface area contributed by atoms with Crippen molar-refractivity contribution in [3.05, 3.63) is 94.0 Å². The average Bonchev–Trinajstić information content (AvgIpc) is 3.36. The fourth-order valence-corrected chi connectivity index (χ4v) is 4.48. The predicted octanol–water partition coefficient (Wildman–Crippen LogP) is 4.52. The second-order valence-corrected chi connectivity index (χ2v) is 8.79. The third kappa shape index (κ3) is 6.13. The largest absolute Gasteiger partial charge is 0.495 e. The first-order chi connectivity index (χ1) is 18.0. The van der Waals surface area contributed by atoms with Gasteiger partial charge in [-0.05, 0) is 42.0 Å². The minimum atomic E-state index is -0.440. The standard InChI is InChI=1S/C26H25N5O5S/c1-35-16-15-27-25(32)20-9-7-18(8-10-20)17-37-26-29-28-24(19-11-13-21(14-12-19)31(33)34)30(26)22-5-3-4-6-23(22)36-2/h3-14H,15-17H2,1-2H3,(H,27,32). The number of carbonyl (C=O) groups is 1. The number of benzene rings is 3. The van der Waals surface area contributed by atoms with E-state index in [2.05, 4.69) is 15.5 Å². The van der Waals surface area contributed by atoms with Crippen LogP contribution in [0.2, 0.25) is 0 Å². The summed E-state index contributed by atoms with van der Waals surface area (Å²) in [7, 11) is 3.18. The first-order valence-electron chi connectivity index (χ1n) is 11.3. The Hall–Kier alpha value is -4.22. The van der Waals surface area contributed by atoms with Crippen LogP contribution in [0.5, 0.6) is 5.75 Å². The minimum absolute atomic E-state index is 0.00229. The molecular formula is C26H25N5O5S. The SMILES string of the molecule is COCCNC(=O)c1ccc(CSc2nnc(-c3ccc([N+](=O)[O-])cc3)n2-c2ccccc2OC)cc1. The van der Waals surface area contributed by atoms with Gasteiger partial charge in [-0.1, -0.05) is 36.0 Å². The van der Waals surface area contributed by atoms with Crippen LogP contribution in [0.15, 0.2) is 78.0 Å². The third-order valence-electron chi connectivity index (χ3n) is 5.47. The molecule has 0 saturated carbocycles.